The first kappa shape index (κ1) is 31.1. The number of rotatable bonds is 12. The van der Waals surface area contributed by atoms with E-state index in [-0.39, 0.29) is 74.6 Å². The van der Waals surface area contributed by atoms with E-state index in [0.717, 1.165) is 18.4 Å². The Morgan fingerprint density at radius 2 is 1.69 bits per heavy atom. The quantitative estimate of drug-likeness (QED) is 0.210. The first-order valence-electron chi connectivity index (χ1n) is 14.9. The summed E-state index contributed by atoms with van der Waals surface area (Å²) < 4.78 is 89.2. The van der Waals surface area contributed by atoms with E-state index in [1.54, 1.807) is 6.07 Å². The highest BCUT2D eigenvalue weighted by Gasteiger charge is 2.46. The molecule has 0 aliphatic heterocycles. The largest absolute Gasteiger partial charge is 0.468 e. The normalized spacial score (nSPS) is 21.3. The van der Waals surface area contributed by atoms with E-state index < -0.39 is 54.3 Å². The van der Waals surface area contributed by atoms with Crippen molar-refractivity contribution in [2.24, 2.45) is 17.8 Å². The Labute approximate surface area is 253 Å². The molecule has 244 valence electrons. The summed E-state index contributed by atoms with van der Waals surface area (Å²) in [5.41, 5.74) is 1.41. The van der Waals surface area contributed by atoms with Crippen molar-refractivity contribution >= 4 is 22.8 Å². The molecule has 3 fully saturated rings. The molecule has 3 aliphatic rings. The summed E-state index contributed by atoms with van der Waals surface area (Å²) in [4.78, 5) is 33.7. The molecule has 3 aromatic rings. The molecule has 6 rings (SSSR count). The maximum Gasteiger partial charge on any atom is 0.289 e. The number of aromatic nitrogens is 4. The molecule has 16 heteroatoms. The van der Waals surface area contributed by atoms with Crippen LogP contribution in [0.15, 0.2) is 22.8 Å². The zero-order chi connectivity index (χ0) is 31.9. The lowest BCUT2D eigenvalue weighted by Crippen LogP contribution is -2.39. The minimum absolute atomic E-state index is 0.0347. The average molecular weight is 643 g/mol. The second-order valence-corrected chi connectivity index (χ2v) is 12.4. The number of imidazole rings is 1. The number of H-pyrrole nitrogens is 1. The molecule has 0 saturated heterocycles. The molecule has 1 aromatic carbocycles. The zero-order valence-electron chi connectivity index (χ0n) is 24.0. The first-order valence-corrected chi connectivity index (χ1v) is 14.9. The number of alkyl halides is 6. The predicted octanol–water partition coefficient (Wildman–Crippen LogP) is 5.89. The van der Waals surface area contributed by atoms with Gasteiger partial charge in [-0.05, 0) is 71.4 Å². The van der Waals surface area contributed by atoms with Gasteiger partial charge in [-0.25, -0.2) is 36.0 Å². The van der Waals surface area contributed by atoms with Gasteiger partial charge in [0.1, 0.15) is 5.82 Å². The monoisotopic (exact) mass is 642 g/mol. The molecule has 2 atom stereocenters. The molecule has 0 unspecified atom stereocenters. The fourth-order valence-electron chi connectivity index (χ4n) is 6.29. The van der Waals surface area contributed by atoms with Crippen LogP contribution >= 0.6 is 0 Å². The molecule has 0 radical (unpaired) electrons. The Bertz CT molecular complexity index is 1520. The zero-order valence-corrected chi connectivity index (χ0v) is 24.0. The Balaban J connectivity index is 1.22. The van der Waals surface area contributed by atoms with E-state index in [1.807, 2.05) is 12.1 Å². The van der Waals surface area contributed by atoms with Crippen LogP contribution in [0.1, 0.15) is 91.7 Å². The van der Waals surface area contributed by atoms with Crippen molar-refractivity contribution in [1.29, 1.82) is 0 Å². The smallest absolute Gasteiger partial charge is 0.289 e. The SMILES string of the molecule is O=C(CC1CC(F)(F)C1)N[C@@H](c1ccc2nc([C@@H](NC(=O)c3nonc3OCC(F)F)C3CCC(F)(F)CC3)[nH]c2c1)C1CC1. The summed E-state index contributed by atoms with van der Waals surface area (Å²) in [6, 6.07) is 4.17. The topological polar surface area (TPSA) is 135 Å². The highest BCUT2D eigenvalue weighted by Crippen LogP contribution is 2.45. The predicted molar refractivity (Wildman–Crippen MR) is 145 cm³/mol. The van der Waals surface area contributed by atoms with Gasteiger partial charge in [0.15, 0.2) is 6.61 Å². The van der Waals surface area contributed by atoms with Gasteiger partial charge in [0.2, 0.25) is 23.4 Å². The van der Waals surface area contributed by atoms with Crippen molar-refractivity contribution < 1.29 is 45.3 Å². The third-order valence-corrected chi connectivity index (χ3v) is 8.78. The number of amides is 2. The Morgan fingerprint density at radius 3 is 2.36 bits per heavy atom. The Morgan fingerprint density at radius 1 is 0.978 bits per heavy atom. The standard InChI is InChI=1S/C29H32F6N6O4/c30-20(31)13-44-27-24(40-45-41-27)26(43)39-23(16-5-7-28(32,33)8-6-16)25-36-18-4-3-17(10-19(18)37-25)22(15-1-2-15)38-21(42)9-14-11-29(34,35)12-14/h3-4,10,14-16,20,22-23H,1-2,5-9,11-13H2,(H,36,37)(H,38,42)(H,39,43)/t22-,23+/m1/s1. The number of hydrogen-bond acceptors (Lipinski definition) is 7. The molecular formula is C29H32F6N6O4. The van der Waals surface area contributed by atoms with E-state index in [1.165, 1.54) is 0 Å². The lowest BCUT2D eigenvalue weighted by molar-refractivity contribution is -0.134. The summed E-state index contributed by atoms with van der Waals surface area (Å²) >= 11 is 0. The fourth-order valence-corrected chi connectivity index (χ4v) is 6.29. The number of benzene rings is 1. The van der Waals surface area contributed by atoms with Gasteiger partial charge in [0, 0.05) is 32.1 Å². The van der Waals surface area contributed by atoms with Crippen LogP contribution in [-0.2, 0) is 4.79 Å². The number of halogens is 6. The maximum absolute atomic E-state index is 14.0. The number of fused-ring (bicyclic) bond motifs is 1. The van der Waals surface area contributed by atoms with Crippen molar-refractivity contribution in [2.75, 3.05) is 6.61 Å². The van der Waals surface area contributed by atoms with E-state index in [0.29, 0.717) is 11.0 Å². The van der Waals surface area contributed by atoms with Crippen LogP contribution in [-0.4, -0.2) is 57.0 Å². The van der Waals surface area contributed by atoms with Gasteiger partial charge in [0.25, 0.3) is 18.2 Å². The number of aromatic amines is 1. The number of nitrogens with zero attached hydrogens (tertiary/aromatic N) is 3. The van der Waals surface area contributed by atoms with E-state index in [9.17, 15) is 35.9 Å². The van der Waals surface area contributed by atoms with E-state index in [4.69, 9.17) is 4.74 Å². The maximum atomic E-state index is 14.0. The summed E-state index contributed by atoms with van der Waals surface area (Å²) in [6.45, 7) is -1.04. The summed E-state index contributed by atoms with van der Waals surface area (Å²) in [6.07, 6.45) is -2.18. The second-order valence-electron chi connectivity index (χ2n) is 12.4. The lowest BCUT2D eigenvalue weighted by atomic mass is 9.79. The first-order chi connectivity index (χ1) is 21.4. The van der Waals surface area contributed by atoms with E-state index >= 15 is 0 Å². The fraction of sp³-hybridized carbons (Fsp3) is 0.621. The number of hydrogen-bond donors (Lipinski definition) is 3. The highest BCUT2D eigenvalue weighted by atomic mass is 19.3. The number of nitrogens with one attached hydrogen (secondary N) is 3. The van der Waals surface area contributed by atoms with E-state index in [2.05, 4.69) is 35.5 Å². The molecule has 3 saturated carbocycles. The van der Waals surface area contributed by atoms with Crippen molar-refractivity contribution in [2.45, 2.75) is 88.1 Å². The van der Waals surface area contributed by atoms with Crippen molar-refractivity contribution in [3.05, 3.63) is 35.3 Å². The molecular weight excluding hydrogens is 610 g/mol. The summed E-state index contributed by atoms with van der Waals surface area (Å²) in [7, 11) is 0. The van der Waals surface area contributed by atoms with Gasteiger partial charge in [0.05, 0.1) is 23.1 Å². The van der Waals surface area contributed by atoms with Crippen LogP contribution in [0.25, 0.3) is 11.0 Å². The van der Waals surface area contributed by atoms with Crippen molar-refractivity contribution in [1.82, 2.24) is 30.9 Å². The molecule has 3 N–H and O–H groups in total. The molecule has 2 amide bonds. The number of ether oxygens (including phenoxy) is 1. The van der Waals surface area contributed by atoms with Gasteiger partial charge < -0.3 is 20.4 Å². The van der Waals surface area contributed by atoms with Crippen LogP contribution in [0.5, 0.6) is 5.88 Å². The van der Waals surface area contributed by atoms with Crippen LogP contribution in [0.2, 0.25) is 0 Å². The third kappa shape index (κ3) is 7.35. The molecule has 2 aromatic heterocycles. The van der Waals surface area contributed by atoms with Crippen molar-refractivity contribution in [3.8, 4) is 5.88 Å². The molecule has 3 aliphatic carbocycles. The van der Waals surface area contributed by atoms with Crippen LogP contribution in [0.4, 0.5) is 26.3 Å². The third-order valence-electron chi connectivity index (χ3n) is 8.78. The van der Waals surface area contributed by atoms with Crippen LogP contribution in [0, 0.1) is 17.8 Å². The molecule has 0 spiro atoms. The van der Waals surface area contributed by atoms with Gasteiger partial charge in [-0.3, -0.25) is 9.59 Å². The van der Waals surface area contributed by atoms with Crippen molar-refractivity contribution in [3.63, 3.8) is 0 Å². The lowest BCUT2D eigenvalue weighted by Gasteiger charge is -2.34. The summed E-state index contributed by atoms with van der Waals surface area (Å²) in [5.74, 6) is -7.52. The number of carbonyl (C=O) groups is 2. The van der Waals surface area contributed by atoms with Crippen LogP contribution in [0.3, 0.4) is 0 Å². The minimum atomic E-state index is -2.83. The molecule has 10 nitrogen and oxygen atoms in total. The second kappa shape index (κ2) is 12.2. The minimum Gasteiger partial charge on any atom is -0.468 e. The van der Waals surface area contributed by atoms with Gasteiger partial charge in [-0.1, -0.05) is 6.07 Å². The molecule has 0 bridgehead atoms. The van der Waals surface area contributed by atoms with Gasteiger partial charge in [-0.15, -0.1) is 0 Å². The summed E-state index contributed by atoms with van der Waals surface area (Å²) in [5, 5.41) is 12.6. The molecule has 45 heavy (non-hydrogen) atoms. The Hall–Kier alpha value is -3.85. The van der Waals surface area contributed by atoms with Gasteiger partial charge in [-0.2, -0.15) is 0 Å². The van der Waals surface area contributed by atoms with Gasteiger partial charge >= 0.3 is 0 Å². The average Bonchev–Trinajstić information content (AvgIpc) is 3.53. The molecule has 2 heterocycles. The Kier molecular flexibility index (Phi) is 8.41. The highest BCUT2D eigenvalue weighted by molar-refractivity contribution is 5.94. The van der Waals surface area contributed by atoms with Crippen LogP contribution < -0.4 is 15.4 Å². The number of carbonyl (C=O) groups excluding carboxylic acids is 2.